The normalized spacial score (nSPS) is 28.0. The monoisotopic (exact) mass is 314 g/mol. The van der Waals surface area contributed by atoms with Crippen LogP contribution in [0.2, 0.25) is 0 Å². The highest BCUT2D eigenvalue weighted by molar-refractivity contribution is 5.97. The lowest BCUT2D eigenvalue weighted by molar-refractivity contribution is -0.313. The number of hydrogen-bond acceptors (Lipinski definition) is 3. The number of amides is 1. The number of aliphatic carboxylic acids is 1. The van der Waals surface area contributed by atoms with E-state index in [9.17, 15) is 19.1 Å². The summed E-state index contributed by atoms with van der Waals surface area (Å²) >= 11 is 0. The Labute approximate surface area is 133 Å². The van der Waals surface area contributed by atoms with Gasteiger partial charge in [0.2, 0.25) is 5.91 Å². The highest BCUT2D eigenvalue weighted by Crippen LogP contribution is 2.53. The van der Waals surface area contributed by atoms with E-state index in [1.807, 2.05) is 26.0 Å². The lowest BCUT2D eigenvalue weighted by Crippen LogP contribution is -2.42. The van der Waals surface area contributed by atoms with Crippen molar-refractivity contribution in [1.82, 2.24) is 0 Å². The van der Waals surface area contributed by atoms with Crippen LogP contribution in [0.5, 0.6) is 0 Å². The predicted octanol–water partition coefficient (Wildman–Crippen LogP) is 1.90. The van der Waals surface area contributed by atoms with Crippen molar-refractivity contribution in [3.8, 4) is 0 Å². The third-order valence-electron chi connectivity index (χ3n) is 4.67. The summed E-state index contributed by atoms with van der Waals surface area (Å²) in [4.78, 5) is 24.2. The van der Waals surface area contributed by atoms with Crippen molar-refractivity contribution in [3.05, 3.63) is 53.4 Å². The zero-order chi connectivity index (χ0) is 16.7. The van der Waals surface area contributed by atoms with Gasteiger partial charge in [0.1, 0.15) is 5.82 Å². The number of rotatable bonds is 3. The zero-order valence-electron chi connectivity index (χ0n) is 12.9. The second kappa shape index (κ2) is 5.65. The minimum absolute atomic E-state index is 0.214. The number of carboxylic acids is 1. The molecule has 1 N–H and O–H groups in total. The summed E-state index contributed by atoms with van der Waals surface area (Å²) in [6.07, 6.45) is 3.76. The molecule has 2 aliphatic carbocycles. The molecule has 3 rings (SSSR count). The minimum atomic E-state index is -1.21. The topological polar surface area (TPSA) is 69.2 Å². The van der Waals surface area contributed by atoms with E-state index in [-0.39, 0.29) is 17.7 Å². The number of allylic oxidation sites excluding steroid dienone is 4. The number of nitrogens with one attached hydrogen (secondary N) is 1. The van der Waals surface area contributed by atoms with Gasteiger partial charge in [-0.3, -0.25) is 4.79 Å². The standard InChI is InChI=1S/C18H18FNO3/c1-9(2)14-12-7-8-13(14)16(18(22)23)15(12)17(21)20-11-5-3-10(19)4-6-11/h3-8,12-13,15-16H,1-2H3,(H,20,21)(H,22,23)/p-1/t12-,13-,15+,16-/m0/s1. The highest BCUT2D eigenvalue weighted by atomic mass is 19.1. The molecular weight excluding hydrogens is 297 g/mol. The first-order chi connectivity index (χ1) is 10.9. The van der Waals surface area contributed by atoms with E-state index in [0.717, 1.165) is 11.1 Å². The second-order valence-corrected chi connectivity index (χ2v) is 6.26. The van der Waals surface area contributed by atoms with Crippen LogP contribution in [-0.2, 0) is 9.59 Å². The molecule has 1 aromatic rings. The number of carboxylic acid groups (broad SMARTS) is 1. The Hall–Kier alpha value is -2.43. The lowest BCUT2D eigenvalue weighted by Gasteiger charge is -2.27. The Morgan fingerprint density at radius 1 is 1.04 bits per heavy atom. The van der Waals surface area contributed by atoms with Crippen LogP contribution in [0.25, 0.3) is 0 Å². The van der Waals surface area contributed by atoms with Gasteiger partial charge in [0.05, 0.1) is 5.92 Å². The number of halogens is 1. The molecule has 2 aliphatic rings. The zero-order valence-corrected chi connectivity index (χ0v) is 12.9. The molecule has 0 saturated heterocycles. The molecule has 0 radical (unpaired) electrons. The third-order valence-corrected chi connectivity index (χ3v) is 4.67. The van der Waals surface area contributed by atoms with Gasteiger partial charge in [-0.1, -0.05) is 23.3 Å². The van der Waals surface area contributed by atoms with Crippen LogP contribution in [0.1, 0.15) is 13.8 Å². The summed E-state index contributed by atoms with van der Waals surface area (Å²) in [6, 6.07) is 5.39. The van der Waals surface area contributed by atoms with Crippen LogP contribution >= 0.6 is 0 Å². The number of fused-ring (bicyclic) bond motifs is 2. The molecular formula is C18H17FNO3-. The van der Waals surface area contributed by atoms with Gasteiger partial charge >= 0.3 is 0 Å². The summed E-state index contributed by atoms with van der Waals surface area (Å²) in [7, 11) is 0. The third kappa shape index (κ3) is 2.56. The van der Waals surface area contributed by atoms with Crippen LogP contribution in [0.4, 0.5) is 10.1 Å². The second-order valence-electron chi connectivity index (χ2n) is 6.26. The number of anilines is 1. The summed E-state index contributed by atoms with van der Waals surface area (Å²) in [6.45, 7) is 3.85. The van der Waals surface area contributed by atoms with Crippen LogP contribution < -0.4 is 10.4 Å². The van der Waals surface area contributed by atoms with E-state index in [0.29, 0.717) is 5.69 Å². The van der Waals surface area contributed by atoms with Crippen molar-refractivity contribution in [2.45, 2.75) is 13.8 Å². The molecule has 1 saturated carbocycles. The van der Waals surface area contributed by atoms with Crippen LogP contribution in [0, 0.1) is 29.5 Å². The first kappa shape index (κ1) is 15.5. The first-order valence-electron chi connectivity index (χ1n) is 7.53. The lowest BCUT2D eigenvalue weighted by atomic mass is 9.82. The smallest absolute Gasteiger partial charge is 0.229 e. The molecule has 4 atom stereocenters. The fourth-order valence-electron chi connectivity index (χ4n) is 3.79. The summed E-state index contributed by atoms with van der Waals surface area (Å²) in [5, 5.41) is 14.3. The fourth-order valence-corrected chi connectivity index (χ4v) is 3.79. The maximum atomic E-state index is 12.9. The van der Waals surface area contributed by atoms with Gasteiger partial charge in [-0.25, -0.2) is 4.39 Å². The molecule has 1 fully saturated rings. The molecule has 23 heavy (non-hydrogen) atoms. The summed E-state index contributed by atoms with van der Waals surface area (Å²) < 4.78 is 12.9. The average Bonchev–Trinajstić information content (AvgIpc) is 3.05. The van der Waals surface area contributed by atoms with Crippen LogP contribution in [0.3, 0.4) is 0 Å². The molecule has 5 heteroatoms. The van der Waals surface area contributed by atoms with Gasteiger partial charge in [0.25, 0.3) is 0 Å². The van der Waals surface area contributed by atoms with Gasteiger partial charge in [0.15, 0.2) is 0 Å². The molecule has 0 heterocycles. The minimum Gasteiger partial charge on any atom is -0.550 e. The molecule has 1 amide bonds. The van der Waals surface area contributed by atoms with E-state index in [1.165, 1.54) is 24.3 Å². The maximum absolute atomic E-state index is 12.9. The van der Waals surface area contributed by atoms with E-state index < -0.39 is 23.6 Å². The van der Waals surface area contributed by atoms with E-state index in [1.54, 1.807) is 0 Å². The molecule has 0 aromatic heterocycles. The Balaban J connectivity index is 1.89. The summed E-state index contributed by atoms with van der Waals surface area (Å²) in [5.74, 6) is -4.04. The molecule has 0 unspecified atom stereocenters. The number of carbonyl (C=O) groups is 2. The molecule has 2 bridgehead atoms. The number of hydrogen-bond donors (Lipinski definition) is 1. The van der Waals surface area contributed by atoms with E-state index in [2.05, 4.69) is 5.32 Å². The van der Waals surface area contributed by atoms with Gasteiger partial charge in [-0.2, -0.15) is 0 Å². The first-order valence-corrected chi connectivity index (χ1v) is 7.53. The Morgan fingerprint density at radius 3 is 2.13 bits per heavy atom. The van der Waals surface area contributed by atoms with Gasteiger partial charge in [-0.15, -0.1) is 0 Å². The molecule has 1 aromatic carbocycles. The van der Waals surface area contributed by atoms with Gasteiger partial charge in [-0.05, 0) is 38.1 Å². The quantitative estimate of drug-likeness (QED) is 0.866. The van der Waals surface area contributed by atoms with Crippen LogP contribution in [0.15, 0.2) is 47.6 Å². The van der Waals surface area contributed by atoms with Crippen molar-refractivity contribution in [2.24, 2.45) is 23.7 Å². The van der Waals surface area contributed by atoms with Crippen LogP contribution in [-0.4, -0.2) is 11.9 Å². The van der Waals surface area contributed by atoms with E-state index in [4.69, 9.17) is 0 Å². The largest absolute Gasteiger partial charge is 0.550 e. The highest BCUT2D eigenvalue weighted by Gasteiger charge is 2.52. The van der Waals surface area contributed by atoms with Crippen molar-refractivity contribution in [3.63, 3.8) is 0 Å². The molecule has 4 nitrogen and oxygen atoms in total. The van der Waals surface area contributed by atoms with Gasteiger partial charge in [0, 0.05) is 29.4 Å². The Morgan fingerprint density at radius 2 is 1.61 bits per heavy atom. The van der Waals surface area contributed by atoms with Crippen molar-refractivity contribution >= 4 is 17.6 Å². The summed E-state index contributed by atoms with van der Waals surface area (Å²) in [5.41, 5.74) is 2.48. The van der Waals surface area contributed by atoms with Crippen molar-refractivity contribution < 1.29 is 19.1 Å². The van der Waals surface area contributed by atoms with Crippen molar-refractivity contribution in [1.29, 1.82) is 0 Å². The van der Waals surface area contributed by atoms with Crippen molar-refractivity contribution in [2.75, 3.05) is 5.32 Å². The maximum Gasteiger partial charge on any atom is 0.229 e. The fraction of sp³-hybridized carbons (Fsp3) is 0.333. The molecule has 120 valence electrons. The molecule has 0 aliphatic heterocycles. The van der Waals surface area contributed by atoms with E-state index >= 15 is 0 Å². The number of benzene rings is 1. The Bertz CT molecular complexity index is 716. The SMILES string of the molecule is CC(C)=C1[C@@H]2C=C[C@@H]1[C@@H](C(=O)Nc1ccc(F)cc1)[C@H]2C(=O)[O-]. The molecule has 0 spiro atoms. The predicted molar refractivity (Wildman–Crippen MR) is 81.5 cm³/mol. The Kier molecular flexibility index (Phi) is 3.80. The number of carbonyl (C=O) groups excluding carboxylic acids is 2. The van der Waals surface area contributed by atoms with Gasteiger partial charge < -0.3 is 15.2 Å². The average molecular weight is 314 g/mol.